The van der Waals surface area contributed by atoms with Crippen molar-refractivity contribution in [3.63, 3.8) is 0 Å². The fourth-order valence-corrected chi connectivity index (χ4v) is 3.41. The molecule has 1 aromatic carbocycles. The third-order valence-electron chi connectivity index (χ3n) is 5.12. The number of carbonyl (C=O) groups excluding carboxylic acids is 1. The van der Waals surface area contributed by atoms with E-state index in [1.165, 1.54) is 5.56 Å². The van der Waals surface area contributed by atoms with Gasteiger partial charge in [0.25, 0.3) is 0 Å². The van der Waals surface area contributed by atoms with Crippen LogP contribution in [-0.2, 0) is 17.6 Å². The minimum absolute atomic E-state index is 0.0537. The van der Waals surface area contributed by atoms with Crippen molar-refractivity contribution in [2.75, 3.05) is 12.4 Å². The number of aryl methyl sites for hydroxylation is 2. The average molecular weight is 372 g/mol. The summed E-state index contributed by atoms with van der Waals surface area (Å²) in [6.07, 6.45) is 2.84. The highest BCUT2D eigenvalue weighted by atomic mass is 16.5. The van der Waals surface area contributed by atoms with Gasteiger partial charge in [0.05, 0.1) is 7.11 Å². The molecule has 8 heteroatoms. The number of carbonyl (C=O) groups is 1. The van der Waals surface area contributed by atoms with Crippen molar-refractivity contribution >= 4 is 11.9 Å². The van der Waals surface area contributed by atoms with Crippen molar-refractivity contribution < 1.29 is 9.53 Å². The number of H-pyrrole nitrogens is 1. The number of hydrogen-bond donors (Lipinski definition) is 4. The van der Waals surface area contributed by atoms with Gasteiger partial charge >= 0.3 is 0 Å². The van der Waals surface area contributed by atoms with E-state index in [-0.39, 0.29) is 5.91 Å². The summed E-state index contributed by atoms with van der Waals surface area (Å²) in [5.41, 5.74) is 7.62. The number of ether oxygens (including phenoxy) is 1. The zero-order valence-electron chi connectivity index (χ0n) is 16.1. The van der Waals surface area contributed by atoms with Gasteiger partial charge in [0.15, 0.2) is 0 Å². The Labute approximate surface area is 159 Å². The van der Waals surface area contributed by atoms with E-state index in [2.05, 4.69) is 45.2 Å². The van der Waals surface area contributed by atoms with Crippen molar-refractivity contribution in [1.82, 2.24) is 26.0 Å². The Bertz CT molecular complexity index is 735. The number of benzene rings is 1. The molecule has 2 heterocycles. The molecule has 4 N–H and O–H groups in total. The first-order chi connectivity index (χ1) is 13.0. The highest BCUT2D eigenvalue weighted by Crippen LogP contribution is 2.20. The first-order valence-corrected chi connectivity index (χ1v) is 9.40. The summed E-state index contributed by atoms with van der Waals surface area (Å²) in [7, 11) is 1.65. The topological polar surface area (TPSA) is 104 Å². The van der Waals surface area contributed by atoms with Gasteiger partial charge in [-0.05, 0) is 50.3 Å². The van der Waals surface area contributed by atoms with Crippen LogP contribution in [0, 0.1) is 5.92 Å². The quantitative estimate of drug-likeness (QED) is 0.563. The van der Waals surface area contributed by atoms with Gasteiger partial charge in [-0.1, -0.05) is 12.1 Å². The number of rotatable bonds is 8. The zero-order valence-corrected chi connectivity index (χ0v) is 16.1. The molecule has 2 unspecified atom stereocenters. The van der Waals surface area contributed by atoms with Crippen LogP contribution in [0.15, 0.2) is 24.3 Å². The molecule has 27 heavy (non-hydrogen) atoms. The molecule has 0 saturated carbocycles. The molecule has 3 rings (SSSR count). The molecule has 2 aromatic rings. The van der Waals surface area contributed by atoms with E-state index in [0.29, 0.717) is 30.4 Å². The fourth-order valence-electron chi connectivity index (χ4n) is 3.41. The van der Waals surface area contributed by atoms with Gasteiger partial charge in [-0.3, -0.25) is 26.1 Å². The molecule has 0 aliphatic carbocycles. The summed E-state index contributed by atoms with van der Waals surface area (Å²) in [5.74, 6) is 2.32. The van der Waals surface area contributed by atoms with E-state index < -0.39 is 0 Å². The third kappa shape index (κ3) is 5.27. The van der Waals surface area contributed by atoms with Crippen LogP contribution in [0.5, 0.6) is 5.75 Å². The van der Waals surface area contributed by atoms with Crippen LogP contribution in [0.3, 0.4) is 0 Å². The highest BCUT2D eigenvalue weighted by molar-refractivity contribution is 5.88. The summed E-state index contributed by atoms with van der Waals surface area (Å²) in [6.45, 7) is 4.26. The van der Waals surface area contributed by atoms with Crippen molar-refractivity contribution in [2.24, 2.45) is 5.92 Å². The van der Waals surface area contributed by atoms with E-state index >= 15 is 0 Å². The predicted octanol–water partition coefficient (Wildman–Crippen LogP) is 1.82. The second-order valence-electron chi connectivity index (χ2n) is 7.07. The molecule has 1 aliphatic heterocycles. The lowest BCUT2D eigenvalue weighted by Gasteiger charge is -2.16. The molecule has 1 aromatic heterocycles. The smallest absolute Gasteiger partial charge is 0.248 e. The Morgan fingerprint density at radius 2 is 1.85 bits per heavy atom. The Morgan fingerprint density at radius 1 is 1.15 bits per heavy atom. The Morgan fingerprint density at radius 3 is 2.52 bits per heavy atom. The number of aromatic nitrogens is 3. The van der Waals surface area contributed by atoms with Crippen molar-refractivity contribution in [1.29, 1.82) is 0 Å². The minimum Gasteiger partial charge on any atom is -0.497 e. The molecule has 2 atom stereocenters. The maximum absolute atomic E-state index is 12.2. The van der Waals surface area contributed by atoms with E-state index in [1.54, 1.807) is 7.11 Å². The molecule has 1 amide bonds. The second-order valence-corrected chi connectivity index (χ2v) is 7.07. The standard InChI is InChI=1S/C19H28N6O2/c1-12-16(13(2)23-22-12)9-11-18(26)21-19-20-17(24-25-19)10-6-14-4-7-15(27-3)8-5-14/h4-5,7-8,12-13,16,22-23H,6,9-11H2,1-3H3,(H2,20,21,24,25,26). The molecular formula is C19H28N6O2. The monoisotopic (exact) mass is 372 g/mol. The molecule has 1 aliphatic rings. The lowest BCUT2D eigenvalue weighted by atomic mass is 9.91. The Kier molecular flexibility index (Phi) is 6.41. The van der Waals surface area contributed by atoms with Crippen LogP contribution in [-0.4, -0.2) is 40.3 Å². The molecule has 1 saturated heterocycles. The van der Waals surface area contributed by atoms with Gasteiger partial charge in [-0.15, -0.1) is 5.10 Å². The minimum atomic E-state index is -0.0537. The van der Waals surface area contributed by atoms with Gasteiger partial charge in [-0.25, -0.2) is 0 Å². The number of hydrogen-bond acceptors (Lipinski definition) is 6. The normalized spacial score (nSPS) is 22.0. The predicted molar refractivity (Wildman–Crippen MR) is 103 cm³/mol. The lowest BCUT2D eigenvalue weighted by Crippen LogP contribution is -2.30. The van der Waals surface area contributed by atoms with Gasteiger partial charge in [0, 0.05) is 24.9 Å². The summed E-state index contributed by atoms with van der Waals surface area (Å²) >= 11 is 0. The average Bonchev–Trinajstić information content (AvgIpc) is 3.25. The first kappa shape index (κ1) is 19.3. The van der Waals surface area contributed by atoms with Gasteiger partial charge in [0.1, 0.15) is 11.6 Å². The zero-order chi connectivity index (χ0) is 19.2. The van der Waals surface area contributed by atoms with E-state index in [9.17, 15) is 4.79 Å². The molecular weight excluding hydrogens is 344 g/mol. The van der Waals surface area contributed by atoms with E-state index in [1.807, 2.05) is 24.3 Å². The summed E-state index contributed by atoms with van der Waals surface area (Å²) < 4.78 is 5.16. The van der Waals surface area contributed by atoms with E-state index in [4.69, 9.17) is 4.74 Å². The fraction of sp³-hybridized carbons (Fsp3) is 0.526. The number of aromatic amines is 1. The molecule has 0 spiro atoms. The van der Waals surface area contributed by atoms with Crippen LogP contribution in [0.25, 0.3) is 0 Å². The van der Waals surface area contributed by atoms with Gasteiger partial charge in [0.2, 0.25) is 11.9 Å². The lowest BCUT2D eigenvalue weighted by molar-refractivity contribution is -0.116. The molecule has 0 bridgehead atoms. The van der Waals surface area contributed by atoms with Crippen LogP contribution < -0.4 is 20.9 Å². The van der Waals surface area contributed by atoms with E-state index in [0.717, 1.165) is 30.8 Å². The number of anilines is 1. The first-order valence-electron chi connectivity index (χ1n) is 9.40. The van der Waals surface area contributed by atoms with Crippen molar-refractivity contribution in [3.8, 4) is 5.75 Å². The Balaban J connectivity index is 1.43. The van der Waals surface area contributed by atoms with Crippen LogP contribution in [0.1, 0.15) is 38.1 Å². The van der Waals surface area contributed by atoms with Crippen molar-refractivity contribution in [3.05, 3.63) is 35.7 Å². The SMILES string of the molecule is COc1ccc(CCc2nc(NC(=O)CCC3C(C)NNC3C)n[nH]2)cc1. The van der Waals surface area contributed by atoms with Crippen LogP contribution >= 0.6 is 0 Å². The van der Waals surface area contributed by atoms with Gasteiger partial charge < -0.3 is 4.74 Å². The molecule has 0 radical (unpaired) electrons. The summed E-state index contributed by atoms with van der Waals surface area (Å²) in [4.78, 5) is 16.5. The molecule has 146 valence electrons. The summed E-state index contributed by atoms with van der Waals surface area (Å²) in [6, 6.07) is 8.68. The number of hydrazine groups is 1. The maximum atomic E-state index is 12.2. The highest BCUT2D eigenvalue weighted by Gasteiger charge is 2.29. The Hall–Kier alpha value is -2.45. The van der Waals surface area contributed by atoms with Crippen LogP contribution in [0.4, 0.5) is 5.95 Å². The molecule has 8 nitrogen and oxygen atoms in total. The number of methoxy groups -OCH3 is 1. The largest absolute Gasteiger partial charge is 0.497 e. The number of nitrogens with zero attached hydrogens (tertiary/aromatic N) is 2. The summed E-state index contributed by atoms with van der Waals surface area (Å²) in [5, 5.41) is 9.77. The second kappa shape index (κ2) is 8.96. The molecule has 1 fully saturated rings. The van der Waals surface area contributed by atoms with Crippen molar-refractivity contribution in [2.45, 2.75) is 51.6 Å². The number of nitrogens with one attached hydrogen (secondary N) is 4. The third-order valence-corrected chi connectivity index (χ3v) is 5.12. The number of amides is 1. The van der Waals surface area contributed by atoms with Gasteiger partial charge in [-0.2, -0.15) is 4.98 Å². The maximum Gasteiger partial charge on any atom is 0.248 e. The van der Waals surface area contributed by atoms with Crippen LogP contribution in [0.2, 0.25) is 0 Å².